The smallest absolute Gasteiger partial charge is 0.230 e. The highest BCUT2D eigenvalue weighted by atomic mass is 16.2. The molecule has 0 saturated carbocycles. The molecule has 1 heterocycles. The summed E-state index contributed by atoms with van der Waals surface area (Å²) in [5.74, 6) is -0.165. The third-order valence-electron chi connectivity index (χ3n) is 3.08. The van der Waals surface area contributed by atoms with E-state index in [1.165, 1.54) is 0 Å². The van der Waals surface area contributed by atoms with Crippen LogP contribution in [0.25, 0.3) is 0 Å². The van der Waals surface area contributed by atoms with Crippen molar-refractivity contribution >= 4 is 17.5 Å². The zero-order valence-corrected chi connectivity index (χ0v) is 10.1. The summed E-state index contributed by atoms with van der Waals surface area (Å²) in [4.78, 5) is 36.4. The number of rotatable bonds is 3. The number of Topliss-reactive ketones (excluding diaryl/α,β-unsaturated/α-hetero) is 2. The zero-order chi connectivity index (χ0) is 13.0. The van der Waals surface area contributed by atoms with Gasteiger partial charge in [0.1, 0.15) is 5.78 Å². The minimum atomic E-state index is -0.184. The Balaban J connectivity index is 1.92. The molecule has 1 aliphatic heterocycles. The Bertz CT molecular complexity index is 457. The molecule has 0 bridgehead atoms. The summed E-state index contributed by atoms with van der Waals surface area (Å²) in [6.07, 6.45) is 0.703. The van der Waals surface area contributed by atoms with Crippen molar-refractivity contribution in [3.05, 3.63) is 35.9 Å². The molecule has 2 rings (SSSR count). The van der Waals surface area contributed by atoms with Crippen molar-refractivity contribution in [1.82, 2.24) is 4.90 Å². The number of ketones is 2. The maximum atomic E-state index is 11.9. The molecule has 0 unspecified atom stereocenters. The van der Waals surface area contributed by atoms with E-state index in [9.17, 15) is 14.4 Å². The molecule has 4 nitrogen and oxygen atoms in total. The number of nitrogens with zero attached hydrogens (tertiary/aromatic N) is 1. The van der Waals surface area contributed by atoms with Crippen LogP contribution < -0.4 is 0 Å². The number of hydrogen-bond donors (Lipinski definition) is 0. The van der Waals surface area contributed by atoms with Crippen molar-refractivity contribution in [2.45, 2.75) is 19.3 Å². The highest BCUT2D eigenvalue weighted by Crippen LogP contribution is 2.10. The summed E-state index contributed by atoms with van der Waals surface area (Å²) in [5, 5.41) is 0. The van der Waals surface area contributed by atoms with E-state index in [2.05, 4.69) is 0 Å². The Morgan fingerprint density at radius 3 is 2.28 bits per heavy atom. The van der Waals surface area contributed by atoms with E-state index in [0.717, 1.165) is 0 Å². The molecule has 0 spiro atoms. The summed E-state index contributed by atoms with van der Waals surface area (Å²) in [5.41, 5.74) is 0.555. The molecule has 4 heteroatoms. The first-order chi connectivity index (χ1) is 8.66. The van der Waals surface area contributed by atoms with Crippen LogP contribution in [-0.2, 0) is 9.59 Å². The van der Waals surface area contributed by atoms with Gasteiger partial charge in [0.05, 0.1) is 6.42 Å². The molecule has 0 radical (unpaired) electrons. The molecule has 0 aliphatic carbocycles. The van der Waals surface area contributed by atoms with E-state index in [1.54, 1.807) is 29.2 Å². The van der Waals surface area contributed by atoms with Gasteiger partial charge in [0.15, 0.2) is 5.78 Å². The van der Waals surface area contributed by atoms with Gasteiger partial charge >= 0.3 is 0 Å². The first-order valence-electron chi connectivity index (χ1n) is 6.04. The topological polar surface area (TPSA) is 54.5 Å². The van der Waals surface area contributed by atoms with Gasteiger partial charge in [0.2, 0.25) is 5.91 Å². The fourth-order valence-electron chi connectivity index (χ4n) is 1.98. The van der Waals surface area contributed by atoms with Crippen LogP contribution in [0.2, 0.25) is 0 Å². The largest absolute Gasteiger partial charge is 0.341 e. The van der Waals surface area contributed by atoms with Crippen LogP contribution in [0.5, 0.6) is 0 Å². The van der Waals surface area contributed by atoms with Crippen LogP contribution in [-0.4, -0.2) is 35.5 Å². The van der Waals surface area contributed by atoms with Gasteiger partial charge in [-0.2, -0.15) is 0 Å². The number of hydrogen-bond acceptors (Lipinski definition) is 3. The molecule has 1 fully saturated rings. The lowest BCUT2D eigenvalue weighted by Gasteiger charge is -2.25. The number of carbonyl (C=O) groups is 3. The van der Waals surface area contributed by atoms with Crippen LogP contribution in [0.1, 0.15) is 29.6 Å². The van der Waals surface area contributed by atoms with Crippen molar-refractivity contribution in [1.29, 1.82) is 0 Å². The van der Waals surface area contributed by atoms with Gasteiger partial charge in [-0.05, 0) is 0 Å². The summed E-state index contributed by atoms with van der Waals surface area (Å²) in [6.45, 7) is 0.888. The van der Waals surface area contributed by atoms with Crippen LogP contribution in [0, 0.1) is 0 Å². The minimum absolute atomic E-state index is 0.113. The molecule has 94 valence electrons. The van der Waals surface area contributed by atoms with E-state index in [0.29, 0.717) is 31.5 Å². The highest BCUT2D eigenvalue weighted by molar-refractivity contribution is 6.07. The van der Waals surface area contributed by atoms with Gasteiger partial charge < -0.3 is 4.90 Å². The van der Waals surface area contributed by atoms with Crippen LogP contribution >= 0.6 is 0 Å². The molecule has 0 atom stereocenters. The fraction of sp³-hybridized carbons (Fsp3) is 0.357. The summed E-state index contributed by atoms with van der Waals surface area (Å²) in [7, 11) is 0. The zero-order valence-electron chi connectivity index (χ0n) is 10.1. The Morgan fingerprint density at radius 1 is 1.06 bits per heavy atom. The van der Waals surface area contributed by atoms with Gasteiger partial charge in [-0.15, -0.1) is 0 Å². The van der Waals surface area contributed by atoms with Gasteiger partial charge in [0, 0.05) is 31.5 Å². The third-order valence-corrected chi connectivity index (χ3v) is 3.08. The Morgan fingerprint density at radius 2 is 1.67 bits per heavy atom. The average Bonchev–Trinajstić information content (AvgIpc) is 2.40. The lowest BCUT2D eigenvalue weighted by molar-refractivity contribution is -0.133. The predicted octanol–water partition coefficient (Wildman–Crippen LogP) is 1.45. The highest BCUT2D eigenvalue weighted by Gasteiger charge is 2.22. The first kappa shape index (κ1) is 12.5. The second-order valence-corrected chi connectivity index (χ2v) is 4.39. The summed E-state index contributed by atoms with van der Waals surface area (Å²) in [6, 6.07) is 8.79. The molecular formula is C14H15NO3. The molecule has 1 aromatic rings. The van der Waals surface area contributed by atoms with E-state index in [-0.39, 0.29) is 23.9 Å². The first-order valence-corrected chi connectivity index (χ1v) is 6.04. The van der Waals surface area contributed by atoms with Crippen LogP contribution in [0.4, 0.5) is 0 Å². The van der Waals surface area contributed by atoms with Gasteiger partial charge in [0.25, 0.3) is 0 Å². The van der Waals surface area contributed by atoms with E-state index in [4.69, 9.17) is 0 Å². The second kappa shape index (κ2) is 5.58. The minimum Gasteiger partial charge on any atom is -0.341 e. The van der Waals surface area contributed by atoms with Crippen molar-refractivity contribution in [2.75, 3.05) is 13.1 Å². The molecule has 0 N–H and O–H groups in total. The second-order valence-electron chi connectivity index (χ2n) is 4.39. The third kappa shape index (κ3) is 3.03. The number of amides is 1. The lowest BCUT2D eigenvalue weighted by Crippen LogP contribution is -2.39. The van der Waals surface area contributed by atoms with Gasteiger partial charge in [-0.25, -0.2) is 0 Å². The predicted molar refractivity (Wildman–Crippen MR) is 66.2 cm³/mol. The maximum absolute atomic E-state index is 11.9. The fourth-order valence-corrected chi connectivity index (χ4v) is 1.98. The maximum Gasteiger partial charge on any atom is 0.230 e. The van der Waals surface area contributed by atoms with Crippen LogP contribution in [0.15, 0.2) is 30.3 Å². The Hall–Kier alpha value is -1.97. The van der Waals surface area contributed by atoms with E-state index < -0.39 is 0 Å². The SMILES string of the molecule is O=C1CCN(C(=O)CC(=O)c2ccccc2)CC1. The van der Waals surface area contributed by atoms with E-state index >= 15 is 0 Å². The molecule has 1 aliphatic rings. The quantitative estimate of drug-likeness (QED) is 0.598. The Kier molecular flexibility index (Phi) is 3.87. The molecule has 1 aromatic carbocycles. The number of benzene rings is 1. The molecular weight excluding hydrogens is 230 g/mol. The monoisotopic (exact) mass is 245 g/mol. The van der Waals surface area contributed by atoms with Gasteiger partial charge in [-0.3, -0.25) is 14.4 Å². The average molecular weight is 245 g/mol. The molecule has 1 saturated heterocycles. The van der Waals surface area contributed by atoms with Crippen molar-refractivity contribution in [3.63, 3.8) is 0 Å². The lowest BCUT2D eigenvalue weighted by atomic mass is 10.1. The van der Waals surface area contributed by atoms with E-state index in [1.807, 2.05) is 6.07 Å². The Labute approximate surface area is 106 Å². The van der Waals surface area contributed by atoms with Crippen molar-refractivity contribution in [2.24, 2.45) is 0 Å². The molecule has 0 aromatic heterocycles. The van der Waals surface area contributed by atoms with Crippen molar-refractivity contribution < 1.29 is 14.4 Å². The number of likely N-dealkylation sites (tertiary alicyclic amines) is 1. The number of piperidine rings is 1. The van der Waals surface area contributed by atoms with Gasteiger partial charge in [-0.1, -0.05) is 30.3 Å². The van der Waals surface area contributed by atoms with Crippen molar-refractivity contribution in [3.8, 4) is 0 Å². The summed E-state index contributed by atoms with van der Waals surface area (Å²) < 4.78 is 0. The normalized spacial score (nSPS) is 15.6. The standard InChI is InChI=1S/C14H15NO3/c16-12-6-8-15(9-7-12)14(18)10-13(17)11-4-2-1-3-5-11/h1-5H,6-10H2. The number of carbonyl (C=O) groups excluding carboxylic acids is 3. The van der Waals surface area contributed by atoms with Crippen LogP contribution in [0.3, 0.4) is 0 Å². The molecule has 1 amide bonds. The molecule has 18 heavy (non-hydrogen) atoms. The summed E-state index contributed by atoms with van der Waals surface area (Å²) >= 11 is 0.